The number of hydrogen-bond donors (Lipinski definition) is 4. The molecule has 6 heteroatoms. The number of rotatable bonds is 9. The molecule has 0 unspecified atom stereocenters. The van der Waals surface area contributed by atoms with Crippen LogP contribution in [0.4, 0.5) is 0 Å². The van der Waals surface area contributed by atoms with E-state index in [1.165, 1.54) is 56.9 Å². The van der Waals surface area contributed by atoms with Crippen LogP contribution in [0.25, 0.3) is 0 Å². The van der Waals surface area contributed by atoms with Crippen LogP contribution >= 0.6 is 0 Å². The molecule has 0 radical (unpaired) electrons. The molecule has 1 heterocycles. The molecule has 0 aromatic carbocycles. The second-order valence-electron chi connectivity index (χ2n) is 15.7. The van der Waals surface area contributed by atoms with Crippen molar-refractivity contribution in [2.24, 2.45) is 52.3 Å². The van der Waals surface area contributed by atoms with Crippen molar-refractivity contribution in [1.29, 1.82) is 0 Å². The summed E-state index contributed by atoms with van der Waals surface area (Å²) in [6.45, 7) is 14.4. The number of hydrogen-bond acceptors (Lipinski definition) is 6. The first-order valence-electron chi connectivity index (χ1n) is 17.1. The molecule has 0 aromatic heterocycles. The van der Waals surface area contributed by atoms with Crippen LogP contribution < -0.4 is 0 Å². The average molecular weight is 577 g/mol. The molecular weight excluding hydrogens is 516 g/mol. The molecule has 0 spiro atoms. The van der Waals surface area contributed by atoms with Crippen LogP contribution in [0.5, 0.6) is 0 Å². The van der Waals surface area contributed by atoms with Crippen LogP contribution in [0, 0.1) is 52.3 Å². The first-order chi connectivity index (χ1) is 19.4. The van der Waals surface area contributed by atoms with Gasteiger partial charge in [0.1, 0.15) is 24.4 Å². The van der Waals surface area contributed by atoms with Gasteiger partial charge in [0.2, 0.25) is 0 Å². The van der Waals surface area contributed by atoms with Crippen LogP contribution in [-0.4, -0.2) is 63.8 Å². The Morgan fingerprint density at radius 3 is 2.51 bits per heavy atom. The molecule has 41 heavy (non-hydrogen) atoms. The second-order valence-corrected chi connectivity index (χ2v) is 15.7. The minimum Gasteiger partial charge on any atom is -0.394 e. The van der Waals surface area contributed by atoms with E-state index < -0.39 is 37.3 Å². The smallest absolute Gasteiger partial charge is 0.186 e. The number of ether oxygens (including phenoxy) is 2. The van der Waals surface area contributed by atoms with E-state index in [4.69, 9.17) is 9.47 Å². The number of aliphatic hydroxyl groups is 4. The lowest BCUT2D eigenvalue weighted by Gasteiger charge is -2.60. The van der Waals surface area contributed by atoms with Crippen molar-refractivity contribution in [2.75, 3.05) is 6.61 Å². The number of fused-ring (bicyclic) bond motifs is 5. The lowest BCUT2D eigenvalue weighted by Crippen LogP contribution is -2.60. The maximum absolute atomic E-state index is 10.5. The maximum atomic E-state index is 10.5. The molecule has 236 valence electrons. The molecule has 0 amide bonds. The summed E-state index contributed by atoms with van der Waals surface area (Å²) in [4.78, 5) is 0. The predicted octanol–water partition coefficient (Wildman–Crippen LogP) is 5.85. The maximum Gasteiger partial charge on any atom is 0.186 e. The number of allylic oxidation sites excluding steroid dienone is 1. The third-order valence-electron chi connectivity index (χ3n) is 13.3. The third-order valence-corrected chi connectivity index (χ3v) is 13.3. The zero-order valence-corrected chi connectivity index (χ0v) is 26.7. The van der Waals surface area contributed by atoms with Crippen LogP contribution in [-0.2, 0) is 9.47 Å². The van der Waals surface area contributed by atoms with Gasteiger partial charge in [0.05, 0.1) is 12.7 Å². The van der Waals surface area contributed by atoms with E-state index in [-0.39, 0.29) is 11.5 Å². The summed E-state index contributed by atoms with van der Waals surface area (Å²) < 4.78 is 11.9. The molecule has 4 N–H and O–H groups in total. The van der Waals surface area contributed by atoms with Crippen molar-refractivity contribution < 1.29 is 29.9 Å². The standard InChI is InChI=1S/C35H60O6/c1-7-22(20(2)3)9-8-10-23-12-14-27-26-13-11-24-17-25(40-33-32(39)31(38)30(37)28(19-36)41-33)15-16-34(24,5)29(26)21(4)18-35(23,27)6/h11,20-23,25-33,36-39H,7-10,12-19H2,1-6H3/t21-,22-,23+,25+,26+,27+,28-,29+,30-,31+,32-,33-,34+,35-/m1/s1. The van der Waals surface area contributed by atoms with E-state index in [2.05, 4.69) is 47.6 Å². The van der Waals surface area contributed by atoms with Crippen molar-refractivity contribution in [3.8, 4) is 0 Å². The molecule has 5 rings (SSSR count). The van der Waals surface area contributed by atoms with Crippen molar-refractivity contribution >= 4 is 0 Å². The van der Waals surface area contributed by atoms with Crippen LogP contribution in [0.1, 0.15) is 112 Å². The summed E-state index contributed by atoms with van der Waals surface area (Å²) in [6, 6.07) is 0. The summed E-state index contributed by atoms with van der Waals surface area (Å²) in [5, 5.41) is 40.4. The Morgan fingerprint density at radius 1 is 1.07 bits per heavy atom. The highest BCUT2D eigenvalue weighted by atomic mass is 16.7. The highest BCUT2D eigenvalue weighted by Gasteiger charge is 2.60. The molecular formula is C35H60O6. The highest BCUT2D eigenvalue weighted by Crippen LogP contribution is 2.68. The molecule has 6 nitrogen and oxygen atoms in total. The third kappa shape index (κ3) is 5.73. The molecule has 3 saturated carbocycles. The van der Waals surface area contributed by atoms with E-state index >= 15 is 0 Å². The molecule has 0 bridgehead atoms. The van der Waals surface area contributed by atoms with Gasteiger partial charge in [0.25, 0.3) is 0 Å². The minimum atomic E-state index is -1.40. The Bertz CT molecular complexity index is 918. The largest absolute Gasteiger partial charge is 0.394 e. The molecule has 0 aromatic rings. The summed E-state index contributed by atoms with van der Waals surface area (Å²) in [5.74, 6) is 5.56. The van der Waals surface area contributed by atoms with Crippen molar-refractivity contribution in [3.63, 3.8) is 0 Å². The Morgan fingerprint density at radius 2 is 1.83 bits per heavy atom. The van der Waals surface area contributed by atoms with Gasteiger partial charge in [0, 0.05) is 0 Å². The molecule has 5 aliphatic rings. The fraction of sp³-hybridized carbons (Fsp3) is 0.943. The second kappa shape index (κ2) is 12.5. The zero-order valence-electron chi connectivity index (χ0n) is 26.7. The molecule has 14 atom stereocenters. The van der Waals surface area contributed by atoms with Crippen LogP contribution in [0.15, 0.2) is 11.6 Å². The quantitative estimate of drug-likeness (QED) is 0.257. The summed E-state index contributed by atoms with van der Waals surface area (Å²) in [5.41, 5.74) is 2.16. The normalized spacial score (nSPS) is 48.8. The van der Waals surface area contributed by atoms with Crippen molar-refractivity contribution in [2.45, 2.75) is 149 Å². The SMILES string of the molecule is CC[C@H](CCC[C@H]1CC[C@H]2[C@@H]3CC=C4C[C@@H](O[C@@H]5O[C@H](CO)[C@@H](O)[C@H](O)[C@H]5O)CC[C@]4(C)[C@H]3[C@H](C)C[C@]12C)C(C)C. The molecule has 1 saturated heterocycles. The zero-order chi connectivity index (χ0) is 29.7. The number of aliphatic hydroxyl groups excluding tert-OH is 4. The average Bonchev–Trinajstić information content (AvgIpc) is 3.26. The molecule has 1 aliphatic heterocycles. The lowest BCUT2D eigenvalue weighted by molar-refractivity contribution is -0.313. The highest BCUT2D eigenvalue weighted by molar-refractivity contribution is 5.26. The van der Waals surface area contributed by atoms with Gasteiger partial charge < -0.3 is 29.9 Å². The van der Waals surface area contributed by atoms with Crippen LogP contribution in [0.3, 0.4) is 0 Å². The van der Waals surface area contributed by atoms with Gasteiger partial charge in [-0.1, -0.05) is 72.5 Å². The Kier molecular flexibility index (Phi) is 9.71. The summed E-state index contributed by atoms with van der Waals surface area (Å²) in [6.07, 6.45) is 9.99. The summed E-state index contributed by atoms with van der Waals surface area (Å²) in [7, 11) is 0. The minimum absolute atomic E-state index is 0.106. The fourth-order valence-electron chi connectivity index (χ4n) is 11.0. The molecule has 4 aliphatic carbocycles. The van der Waals surface area contributed by atoms with Crippen molar-refractivity contribution in [1.82, 2.24) is 0 Å². The van der Waals surface area contributed by atoms with Crippen LogP contribution in [0.2, 0.25) is 0 Å². The van der Waals surface area contributed by atoms with Gasteiger partial charge >= 0.3 is 0 Å². The topological polar surface area (TPSA) is 99.4 Å². The van der Waals surface area contributed by atoms with E-state index in [1.54, 1.807) is 0 Å². The van der Waals surface area contributed by atoms with Crippen molar-refractivity contribution in [3.05, 3.63) is 11.6 Å². The van der Waals surface area contributed by atoms with Gasteiger partial charge in [-0.25, -0.2) is 0 Å². The Balaban J connectivity index is 1.25. The first kappa shape index (κ1) is 31.9. The Labute approximate surface area is 249 Å². The van der Waals surface area contributed by atoms with Gasteiger partial charge in [-0.3, -0.25) is 0 Å². The monoisotopic (exact) mass is 576 g/mol. The first-order valence-corrected chi connectivity index (χ1v) is 17.1. The van der Waals surface area contributed by atoms with Gasteiger partial charge in [-0.15, -0.1) is 0 Å². The van der Waals surface area contributed by atoms with E-state index in [9.17, 15) is 20.4 Å². The lowest BCUT2D eigenvalue weighted by atomic mass is 9.44. The van der Waals surface area contributed by atoms with E-state index in [0.717, 1.165) is 48.9 Å². The predicted molar refractivity (Wildman–Crippen MR) is 161 cm³/mol. The van der Waals surface area contributed by atoms with E-state index in [0.29, 0.717) is 17.3 Å². The Hall–Kier alpha value is -0.500. The summed E-state index contributed by atoms with van der Waals surface area (Å²) >= 11 is 0. The van der Waals surface area contributed by atoms with Gasteiger partial charge in [-0.2, -0.15) is 0 Å². The fourth-order valence-corrected chi connectivity index (χ4v) is 11.0. The van der Waals surface area contributed by atoms with E-state index in [1.807, 2.05) is 0 Å². The van der Waals surface area contributed by atoms with Gasteiger partial charge in [0.15, 0.2) is 6.29 Å². The molecule has 4 fully saturated rings. The van der Waals surface area contributed by atoms with Gasteiger partial charge in [-0.05, 0) is 104 Å².